The van der Waals surface area contributed by atoms with E-state index >= 15 is 0 Å². The molecule has 70 valence electrons. The number of nitrogens with zero attached hydrogens (tertiary/aromatic N) is 1. The van der Waals surface area contributed by atoms with Crippen LogP contribution in [-0.4, -0.2) is 6.21 Å². The molecule has 0 radical (unpaired) electrons. The molecule has 0 aliphatic rings. The number of rotatable bonds is 3. The number of hydrogen-bond acceptors (Lipinski definition) is 1. The fraction of sp³-hybridized carbons (Fsp3) is 0.545. The van der Waals surface area contributed by atoms with Crippen LogP contribution in [0.4, 0.5) is 0 Å². The molecule has 0 aliphatic heterocycles. The highest BCUT2D eigenvalue weighted by molar-refractivity contribution is 5.78. The third kappa shape index (κ3) is 9.15. The Morgan fingerprint density at radius 3 is 2.17 bits per heavy atom. The average molecular weight is 167 g/mol. The van der Waals surface area contributed by atoms with Crippen molar-refractivity contribution in [2.75, 3.05) is 0 Å². The first kappa shape index (κ1) is 13.7. The van der Waals surface area contributed by atoms with Crippen LogP contribution in [0.3, 0.4) is 0 Å². The summed E-state index contributed by atoms with van der Waals surface area (Å²) in [5.74, 6) is 0.494. The predicted molar refractivity (Wildman–Crippen MR) is 58.6 cm³/mol. The van der Waals surface area contributed by atoms with Crippen LogP contribution in [0.2, 0.25) is 0 Å². The quantitative estimate of drug-likeness (QED) is 0.566. The highest BCUT2D eigenvalue weighted by atomic mass is 14.7. The second kappa shape index (κ2) is 10.2. The summed E-state index contributed by atoms with van der Waals surface area (Å²) in [6.45, 7) is 14.0. The van der Waals surface area contributed by atoms with Crippen LogP contribution in [0.15, 0.2) is 29.4 Å². The largest absolute Gasteiger partial charge is 0.265 e. The minimum Gasteiger partial charge on any atom is -0.265 e. The molecule has 1 nitrogen and oxygen atoms in total. The van der Waals surface area contributed by atoms with Gasteiger partial charge in [0.1, 0.15) is 0 Å². The Labute approximate surface area is 76.9 Å². The third-order valence-electron chi connectivity index (χ3n) is 1.22. The van der Waals surface area contributed by atoms with Gasteiger partial charge in [-0.3, -0.25) is 4.99 Å². The lowest BCUT2D eigenvalue weighted by Crippen LogP contribution is -1.91. The summed E-state index contributed by atoms with van der Waals surface area (Å²) in [6, 6.07) is 0. The first-order chi connectivity index (χ1) is 5.68. The lowest BCUT2D eigenvalue weighted by Gasteiger charge is -1.99. The number of aliphatic imine (C=N–C) groups is 1. The number of hydrogen-bond donors (Lipinski definition) is 0. The van der Waals surface area contributed by atoms with Crippen molar-refractivity contribution in [1.82, 2.24) is 0 Å². The van der Waals surface area contributed by atoms with Gasteiger partial charge >= 0.3 is 0 Å². The molecular formula is C11H21N. The van der Waals surface area contributed by atoms with Crippen molar-refractivity contribution in [3.63, 3.8) is 0 Å². The topological polar surface area (TPSA) is 12.4 Å². The first-order valence-corrected chi connectivity index (χ1v) is 4.51. The van der Waals surface area contributed by atoms with Crippen molar-refractivity contribution in [2.45, 2.75) is 34.6 Å². The van der Waals surface area contributed by atoms with E-state index < -0.39 is 0 Å². The van der Waals surface area contributed by atoms with Crippen molar-refractivity contribution < 1.29 is 0 Å². The van der Waals surface area contributed by atoms with E-state index in [4.69, 9.17) is 0 Å². The molecule has 0 heterocycles. The molecule has 0 atom stereocenters. The molecule has 0 aromatic carbocycles. The minimum absolute atomic E-state index is 0.494. The predicted octanol–water partition coefficient (Wildman–Crippen LogP) is 3.83. The van der Waals surface area contributed by atoms with Gasteiger partial charge in [-0.15, -0.1) is 0 Å². The lowest BCUT2D eigenvalue weighted by atomic mass is 10.1. The molecule has 12 heavy (non-hydrogen) atoms. The molecule has 0 aliphatic carbocycles. The maximum atomic E-state index is 4.01. The van der Waals surface area contributed by atoms with Crippen molar-refractivity contribution >= 4 is 6.21 Å². The Hall–Kier alpha value is -0.850. The molecule has 0 amide bonds. The van der Waals surface area contributed by atoms with Gasteiger partial charge in [-0.25, -0.2) is 0 Å². The highest BCUT2D eigenvalue weighted by Crippen LogP contribution is 2.02. The van der Waals surface area contributed by atoms with Gasteiger partial charge in [0.15, 0.2) is 0 Å². The smallest absolute Gasteiger partial charge is 0.0296 e. The fourth-order valence-electron chi connectivity index (χ4n) is 0.374. The summed E-state index contributed by atoms with van der Waals surface area (Å²) < 4.78 is 0. The Balaban J connectivity index is 0. The van der Waals surface area contributed by atoms with E-state index in [0.717, 1.165) is 5.57 Å². The zero-order chi connectivity index (χ0) is 9.98. The molecule has 0 saturated carbocycles. The molecule has 0 aromatic heterocycles. The summed E-state index contributed by atoms with van der Waals surface area (Å²) in [5, 5.41) is 0. The Kier molecular flexibility index (Phi) is 11.6. The Morgan fingerprint density at radius 2 is 1.83 bits per heavy atom. The SMILES string of the molecule is C=C(C=N/C=C\C)C(C)C.CC. The van der Waals surface area contributed by atoms with E-state index in [1.165, 1.54) is 0 Å². The summed E-state index contributed by atoms with van der Waals surface area (Å²) in [4.78, 5) is 4.01. The molecule has 0 spiro atoms. The van der Waals surface area contributed by atoms with Gasteiger partial charge in [0.05, 0.1) is 0 Å². The van der Waals surface area contributed by atoms with Crippen LogP contribution < -0.4 is 0 Å². The Morgan fingerprint density at radius 1 is 1.33 bits per heavy atom. The maximum absolute atomic E-state index is 4.01. The van der Waals surface area contributed by atoms with Gasteiger partial charge in [-0.1, -0.05) is 40.3 Å². The normalized spacial score (nSPS) is 10.5. The molecule has 0 saturated heterocycles. The van der Waals surface area contributed by atoms with Gasteiger partial charge in [-0.2, -0.15) is 0 Å². The van der Waals surface area contributed by atoms with E-state index in [9.17, 15) is 0 Å². The lowest BCUT2D eigenvalue weighted by molar-refractivity contribution is 0.810. The third-order valence-corrected chi connectivity index (χ3v) is 1.22. The molecule has 0 bridgehead atoms. The van der Waals surface area contributed by atoms with E-state index in [-0.39, 0.29) is 0 Å². The van der Waals surface area contributed by atoms with Crippen LogP contribution in [0.1, 0.15) is 34.6 Å². The van der Waals surface area contributed by atoms with Crippen molar-refractivity contribution in [1.29, 1.82) is 0 Å². The summed E-state index contributed by atoms with van der Waals surface area (Å²) >= 11 is 0. The van der Waals surface area contributed by atoms with Crippen molar-refractivity contribution in [3.8, 4) is 0 Å². The van der Waals surface area contributed by atoms with Crippen LogP contribution in [0.25, 0.3) is 0 Å². The minimum atomic E-state index is 0.494. The monoisotopic (exact) mass is 167 g/mol. The fourth-order valence-corrected chi connectivity index (χ4v) is 0.374. The summed E-state index contributed by atoms with van der Waals surface area (Å²) in [6.07, 6.45) is 5.45. The van der Waals surface area contributed by atoms with Gasteiger partial charge < -0.3 is 0 Å². The molecule has 1 heteroatoms. The molecule has 0 unspecified atom stereocenters. The molecule has 0 fully saturated rings. The van der Waals surface area contributed by atoms with Gasteiger partial charge in [0.2, 0.25) is 0 Å². The van der Waals surface area contributed by atoms with Gasteiger partial charge in [-0.05, 0) is 18.4 Å². The van der Waals surface area contributed by atoms with E-state index in [0.29, 0.717) is 5.92 Å². The zero-order valence-electron chi connectivity index (χ0n) is 8.96. The zero-order valence-corrected chi connectivity index (χ0v) is 8.96. The van der Waals surface area contributed by atoms with Crippen LogP contribution in [-0.2, 0) is 0 Å². The molecular weight excluding hydrogens is 146 g/mol. The summed E-state index contributed by atoms with van der Waals surface area (Å²) in [7, 11) is 0. The van der Waals surface area contributed by atoms with Crippen LogP contribution in [0.5, 0.6) is 0 Å². The van der Waals surface area contributed by atoms with Crippen LogP contribution >= 0.6 is 0 Å². The molecule has 0 rings (SSSR count). The van der Waals surface area contributed by atoms with Crippen LogP contribution in [0, 0.1) is 5.92 Å². The van der Waals surface area contributed by atoms with Gasteiger partial charge in [0.25, 0.3) is 0 Å². The second-order valence-corrected chi connectivity index (χ2v) is 2.49. The molecule has 0 N–H and O–H groups in total. The Bertz CT molecular complexity index is 152. The second-order valence-electron chi connectivity index (χ2n) is 2.49. The van der Waals surface area contributed by atoms with Gasteiger partial charge in [0, 0.05) is 12.4 Å². The van der Waals surface area contributed by atoms with E-state index in [1.807, 2.05) is 26.8 Å². The summed E-state index contributed by atoms with van der Waals surface area (Å²) in [5.41, 5.74) is 1.07. The average Bonchev–Trinajstić information content (AvgIpc) is 2.08. The van der Waals surface area contributed by atoms with E-state index in [1.54, 1.807) is 12.4 Å². The first-order valence-electron chi connectivity index (χ1n) is 4.51. The molecule has 0 aromatic rings. The maximum Gasteiger partial charge on any atom is 0.0296 e. The highest BCUT2D eigenvalue weighted by Gasteiger charge is 1.93. The van der Waals surface area contributed by atoms with Crippen molar-refractivity contribution in [2.24, 2.45) is 10.9 Å². The number of allylic oxidation sites excluding steroid dienone is 2. The van der Waals surface area contributed by atoms with Crippen molar-refractivity contribution in [3.05, 3.63) is 24.4 Å². The standard InChI is InChI=1S/C9H15N.C2H6/c1-5-6-10-7-9(4)8(2)3;1-2/h5-8H,4H2,1-3H3;1-2H3/b6-5-,10-7?;. The van der Waals surface area contributed by atoms with E-state index in [2.05, 4.69) is 25.4 Å².